The third-order valence-electron chi connectivity index (χ3n) is 6.93. The van der Waals surface area contributed by atoms with Crippen molar-refractivity contribution >= 4 is 16.7 Å². The summed E-state index contributed by atoms with van der Waals surface area (Å²) < 4.78 is 9.54. The van der Waals surface area contributed by atoms with Crippen LogP contribution >= 0.6 is 0 Å². The molecule has 0 aliphatic carbocycles. The van der Waals surface area contributed by atoms with Crippen LogP contribution in [0.1, 0.15) is 37.3 Å². The van der Waals surface area contributed by atoms with Crippen molar-refractivity contribution in [2.75, 3.05) is 31.6 Å². The summed E-state index contributed by atoms with van der Waals surface area (Å²) >= 11 is 0. The zero-order chi connectivity index (χ0) is 23.6. The number of anilines is 1. The predicted octanol–water partition coefficient (Wildman–Crippen LogP) is 3.67. The molecule has 0 amide bonds. The van der Waals surface area contributed by atoms with Gasteiger partial charge < -0.3 is 15.4 Å². The van der Waals surface area contributed by atoms with Gasteiger partial charge in [-0.2, -0.15) is 15.3 Å². The first-order valence-electron chi connectivity index (χ1n) is 12.3. The second kappa shape index (κ2) is 9.49. The van der Waals surface area contributed by atoms with E-state index in [1.165, 1.54) is 0 Å². The summed E-state index contributed by atoms with van der Waals surface area (Å²) in [6, 6.07) is 10.5. The number of ether oxygens (including phenoxy) is 1. The summed E-state index contributed by atoms with van der Waals surface area (Å²) in [6.45, 7) is 3.52. The number of rotatable bonds is 5. The third kappa shape index (κ3) is 4.38. The summed E-state index contributed by atoms with van der Waals surface area (Å²) in [5, 5.41) is 22.0. The van der Waals surface area contributed by atoms with E-state index in [-0.39, 0.29) is 0 Å². The number of fused-ring (bicyclic) bond motifs is 1. The van der Waals surface area contributed by atoms with Crippen LogP contribution in [0, 0.1) is 11.3 Å². The lowest BCUT2D eigenvalue weighted by Crippen LogP contribution is -2.38. The van der Waals surface area contributed by atoms with Crippen molar-refractivity contribution in [2.24, 2.45) is 0 Å². The first-order chi connectivity index (χ1) is 17.3. The molecule has 2 aliphatic rings. The molecule has 4 aromatic rings. The number of nitrogens with zero attached hydrogens (tertiary/aromatic N) is 6. The highest BCUT2D eigenvalue weighted by molar-refractivity contribution is 5.83. The normalized spacial score (nSPS) is 19.0. The predicted molar refractivity (Wildman–Crippen MR) is 133 cm³/mol. The molecule has 178 valence electrons. The van der Waals surface area contributed by atoms with Crippen molar-refractivity contribution in [3.8, 4) is 23.1 Å². The maximum absolute atomic E-state index is 9.23. The summed E-state index contributed by atoms with van der Waals surface area (Å²) in [4.78, 5) is 9.73. The van der Waals surface area contributed by atoms with Gasteiger partial charge >= 0.3 is 0 Å². The second-order valence-electron chi connectivity index (χ2n) is 9.24. The van der Waals surface area contributed by atoms with E-state index >= 15 is 0 Å². The smallest absolute Gasteiger partial charge is 0.236 e. The first-order valence-corrected chi connectivity index (χ1v) is 12.3. The van der Waals surface area contributed by atoms with Crippen molar-refractivity contribution in [1.82, 2.24) is 29.6 Å². The van der Waals surface area contributed by atoms with Gasteiger partial charge in [-0.15, -0.1) is 0 Å². The molecule has 2 saturated heterocycles. The van der Waals surface area contributed by atoms with E-state index < -0.39 is 0 Å². The minimum atomic E-state index is 0.301. The van der Waals surface area contributed by atoms with Crippen LogP contribution in [0.4, 0.5) is 5.82 Å². The Morgan fingerprint density at radius 2 is 2.06 bits per heavy atom. The SMILES string of the molecule is N#Cc1ccc2c(ccn2-c2ncc(-c3cnn(C4CCOCC4)c3)c(NC3CCCNC3)n2)c1. The van der Waals surface area contributed by atoms with E-state index in [0.717, 1.165) is 79.8 Å². The Hall–Kier alpha value is -3.74. The second-order valence-corrected chi connectivity index (χ2v) is 9.24. The largest absolute Gasteiger partial charge is 0.381 e. The van der Waals surface area contributed by atoms with E-state index in [1.54, 1.807) is 0 Å². The van der Waals surface area contributed by atoms with Gasteiger partial charge in [0.15, 0.2) is 0 Å². The van der Waals surface area contributed by atoms with Crippen LogP contribution in [0.25, 0.3) is 28.0 Å². The zero-order valence-electron chi connectivity index (χ0n) is 19.5. The molecule has 1 unspecified atom stereocenters. The molecule has 6 rings (SSSR count). The standard InChI is InChI=1S/C26H28N8O/c27-13-18-3-4-24-19(12-18)5-9-33(24)26-29-16-23(25(32-26)31-21-2-1-8-28-15-21)20-14-30-34(17-20)22-6-10-35-11-7-22/h3-5,9,12,14,16-17,21-22,28H,1-2,6-8,10-11,15H2,(H,29,31,32). The lowest BCUT2D eigenvalue weighted by atomic mass is 10.1. The third-order valence-corrected chi connectivity index (χ3v) is 6.93. The molecule has 1 aromatic carbocycles. The molecule has 5 heterocycles. The van der Waals surface area contributed by atoms with Gasteiger partial charge in [-0.3, -0.25) is 9.25 Å². The summed E-state index contributed by atoms with van der Waals surface area (Å²) in [5.74, 6) is 1.40. The minimum absolute atomic E-state index is 0.301. The molecule has 2 N–H and O–H groups in total. The number of hydrogen-bond acceptors (Lipinski definition) is 7. The van der Waals surface area contributed by atoms with Crippen LogP contribution in [0.15, 0.2) is 49.1 Å². The van der Waals surface area contributed by atoms with Gasteiger partial charge in [0.05, 0.1) is 29.4 Å². The Balaban J connectivity index is 1.38. The fourth-order valence-corrected chi connectivity index (χ4v) is 4.99. The Kier molecular flexibility index (Phi) is 5.90. The first kappa shape index (κ1) is 21.8. The molecule has 35 heavy (non-hydrogen) atoms. The molecular formula is C26H28N8O. The Labute approximate surface area is 203 Å². The fraction of sp³-hybridized carbons (Fsp3) is 0.385. The minimum Gasteiger partial charge on any atom is -0.381 e. The summed E-state index contributed by atoms with van der Waals surface area (Å²) in [5.41, 5.74) is 3.56. The molecule has 3 aromatic heterocycles. The highest BCUT2D eigenvalue weighted by Crippen LogP contribution is 2.30. The Bertz CT molecular complexity index is 1370. The molecule has 2 aliphatic heterocycles. The van der Waals surface area contributed by atoms with E-state index in [2.05, 4.69) is 32.7 Å². The van der Waals surface area contributed by atoms with Gasteiger partial charge in [-0.1, -0.05) is 0 Å². The van der Waals surface area contributed by atoms with Gasteiger partial charge in [-0.25, -0.2) is 4.98 Å². The molecule has 0 spiro atoms. The van der Waals surface area contributed by atoms with E-state index in [1.807, 2.05) is 47.4 Å². The summed E-state index contributed by atoms with van der Waals surface area (Å²) in [7, 11) is 0. The number of nitriles is 1. The van der Waals surface area contributed by atoms with Crippen LogP contribution in [-0.2, 0) is 4.74 Å². The van der Waals surface area contributed by atoms with E-state index in [9.17, 15) is 5.26 Å². The number of hydrogen-bond donors (Lipinski definition) is 2. The van der Waals surface area contributed by atoms with Crippen LogP contribution in [0.2, 0.25) is 0 Å². The van der Waals surface area contributed by atoms with Gasteiger partial charge in [0.2, 0.25) is 5.95 Å². The zero-order valence-corrected chi connectivity index (χ0v) is 19.5. The summed E-state index contributed by atoms with van der Waals surface area (Å²) in [6.07, 6.45) is 12.0. The molecule has 0 bridgehead atoms. The molecule has 2 fully saturated rings. The highest BCUT2D eigenvalue weighted by Gasteiger charge is 2.21. The van der Waals surface area contributed by atoms with E-state index in [4.69, 9.17) is 14.7 Å². The number of aromatic nitrogens is 5. The van der Waals surface area contributed by atoms with Crippen molar-refractivity contribution in [3.05, 3.63) is 54.6 Å². The monoisotopic (exact) mass is 468 g/mol. The molecule has 0 radical (unpaired) electrons. The van der Waals surface area contributed by atoms with Crippen LogP contribution in [-0.4, -0.2) is 56.7 Å². The van der Waals surface area contributed by atoms with Gasteiger partial charge in [0.1, 0.15) is 5.82 Å². The van der Waals surface area contributed by atoms with Gasteiger partial charge in [-0.05, 0) is 56.5 Å². The van der Waals surface area contributed by atoms with Crippen molar-refractivity contribution < 1.29 is 4.74 Å². The number of benzene rings is 1. The lowest BCUT2D eigenvalue weighted by molar-refractivity contribution is 0.0662. The van der Waals surface area contributed by atoms with Gasteiger partial charge in [0, 0.05) is 60.9 Å². The van der Waals surface area contributed by atoms with Crippen LogP contribution < -0.4 is 10.6 Å². The molecule has 1 atom stereocenters. The lowest BCUT2D eigenvalue weighted by Gasteiger charge is -2.25. The maximum atomic E-state index is 9.23. The molecule has 0 saturated carbocycles. The van der Waals surface area contributed by atoms with Crippen LogP contribution in [0.3, 0.4) is 0 Å². The van der Waals surface area contributed by atoms with E-state index in [0.29, 0.717) is 23.6 Å². The fourth-order valence-electron chi connectivity index (χ4n) is 4.99. The quantitative estimate of drug-likeness (QED) is 0.460. The number of piperidine rings is 1. The van der Waals surface area contributed by atoms with Gasteiger partial charge in [0.25, 0.3) is 0 Å². The van der Waals surface area contributed by atoms with Crippen molar-refractivity contribution in [2.45, 2.75) is 37.8 Å². The maximum Gasteiger partial charge on any atom is 0.236 e. The van der Waals surface area contributed by atoms with Crippen LogP contribution in [0.5, 0.6) is 0 Å². The number of nitrogens with one attached hydrogen (secondary N) is 2. The van der Waals surface area contributed by atoms with Crippen molar-refractivity contribution in [1.29, 1.82) is 5.26 Å². The molecule has 9 nitrogen and oxygen atoms in total. The topological polar surface area (TPSA) is 106 Å². The van der Waals surface area contributed by atoms with Crippen molar-refractivity contribution in [3.63, 3.8) is 0 Å². The molecular weight excluding hydrogens is 440 g/mol. The highest BCUT2D eigenvalue weighted by atomic mass is 16.5. The molecule has 9 heteroatoms. The average molecular weight is 469 g/mol. The Morgan fingerprint density at radius 1 is 1.14 bits per heavy atom. The Morgan fingerprint density at radius 3 is 2.89 bits per heavy atom. The average Bonchev–Trinajstić information content (AvgIpc) is 3.57.